The van der Waals surface area contributed by atoms with Crippen molar-refractivity contribution in [3.8, 4) is 5.75 Å². The smallest absolute Gasteiger partial charge is 0.119 e. The standard InChI is InChI=1S/C13H16BrNO.ClH/c1-16-12-2-3-13(14)11(9-12)8-10-4-6-15-7-5-10;/h2-3,8-9,15H,4-7H2,1H3;1H. The minimum Gasteiger partial charge on any atom is -0.497 e. The number of benzene rings is 1. The van der Waals surface area contributed by atoms with Gasteiger partial charge in [0, 0.05) is 4.47 Å². The van der Waals surface area contributed by atoms with Gasteiger partial charge in [0.25, 0.3) is 0 Å². The molecule has 1 saturated heterocycles. The van der Waals surface area contributed by atoms with Crippen LogP contribution >= 0.6 is 28.3 Å². The van der Waals surface area contributed by atoms with Gasteiger partial charge in [-0.05, 0) is 49.7 Å². The summed E-state index contributed by atoms with van der Waals surface area (Å²) in [6.45, 7) is 2.18. The second-order valence-corrected chi connectivity index (χ2v) is 4.79. The number of hydrogen-bond acceptors (Lipinski definition) is 2. The fourth-order valence-electron chi connectivity index (χ4n) is 1.87. The molecule has 0 aromatic heterocycles. The Morgan fingerprint density at radius 1 is 1.29 bits per heavy atom. The summed E-state index contributed by atoms with van der Waals surface area (Å²) >= 11 is 3.57. The van der Waals surface area contributed by atoms with Gasteiger partial charge in [0.1, 0.15) is 5.75 Å². The Kier molecular flexibility index (Phi) is 6.03. The van der Waals surface area contributed by atoms with Crippen molar-refractivity contribution < 1.29 is 4.74 Å². The Bertz CT molecular complexity index is 398. The van der Waals surface area contributed by atoms with E-state index in [1.165, 1.54) is 11.1 Å². The summed E-state index contributed by atoms with van der Waals surface area (Å²) in [6.07, 6.45) is 4.56. The molecule has 4 heteroatoms. The lowest BCUT2D eigenvalue weighted by molar-refractivity contribution is 0.414. The Hall–Kier alpha value is -0.510. The van der Waals surface area contributed by atoms with Crippen LogP contribution in [0.1, 0.15) is 18.4 Å². The maximum atomic E-state index is 5.24. The monoisotopic (exact) mass is 317 g/mol. The summed E-state index contributed by atoms with van der Waals surface area (Å²) in [5, 5.41) is 3.36. The Morgan fingerprint density at radius 2 is 2.00 bits per heavy atom. The minimum atomic E-state index is 0. The Morgan fingerprint density at radius 3 is 2.65 bits per heavy atom. The molecule has 2 nitrogen and oxygen atoms in total. The van der Waals surface area contributed by atoms with E-state index >= 15 is 0 Å². The van der Waals surface area contributed by atoms with Crippen LogP contribution in [0.3, 0.4) is 0 Å². The van der Waals surface area contributed by atoms with E-state index in [0.717, 1.165) is 36.2 Å². The van der Waals surface area contributed by atoms with Gasteiger partial charge in [-0.2, -0.15) is 0 Å². The number of methoxy groups -OCH3 is 1. The van der Waals surface area contributed by atoms with E-state index in [1.807, 2.05) is 12.1 Å². The molecule has 0 saturated carbocycles. The first-order chi connectivity index (χ1) is 7.79. The number of ether oxygens (including phenoxy) is 1. The zero-order valence-electron chi connectivity index (χ0n) is 9.83. The average Bonchev–Trinajstić information content (AvgIpc) is 2.33. The van der Waals surface area contributed by atoms with E-state index in [9.17, 15) is 0 Å². The highest BCUT2D eigenvalue weighted by Gasteiger charge is 2.06. The molecule has 1 aromatic rings. The average molecular weight is 319 g/mol. The molecule has 94 valence electrons. The number of halogens is 2. The second kappa shape index (κ2) is 7.04. The Balaban J connectivity index is 0.00000144. The van der Waals surface area contributed by atoms with E-state index in [0.29, 0.717) is 0 Å². The second-order valence-electron chi connectivity index (χ2n) is 3.94. The van der Waals surface area contributed by atoms with Crippen LogP contribution in [0.4, 0.5) is 0 Å². The zero-order chi connectivity index (χ0) is 11.4. The summed E-state index contributed by atoms with van der Waals surface area (Å²) in [5.74, 6) is 0.906. The lowest BCUT2D eigenvalue weighted by atomic mass is 10.0. The third-order valence-electron chi connectivity index (χ3n) is 2.81. The van der Waals surface area contributed by atoms with Gasteiger partial charge in [-0.15, -0.1) is 12.4 Å². The predicted molar refractivity (Wildman–Crippen MR) is 78.0 cm³/mol. The van der Waals surface area contributed by atoms with Crippen LogP contribution in [-0.4, -0.2) is 20.2 Å². The molecule has 0 atom stereocenters. The van der Waals surface area contributed by atoms with E-state index < -0.39 is 0 Å². The SMILES string of the molecule is COc1ccc(Br)c(C=C2CCNCC2)c1.Cl. The maximum Gasteiger partial charge on any atom is 0.119 e. The lowest BCUT2D eigenvalue weighted by Gasteiger charge is -2.15. The summed E-state index contributed by atoms with van der Waals surface area (Å²) in [4.78, 5) is 0. The molecule has 0 amide bonds. The molecule has 0 bridgehead atoms. The van der Waals surface area contributed by atoms with Crippen molar-refractivity contribution >= 4 is 34.4 Å². The van der Waals surface area contributed by atoms with E-state index in [2.05, 4.69) is 33.4 Å². The van der Waals surface area contributed by atoms with Crippen LogP contribution < -0.4 is 10.1 Å². The first-order valence-corrected chi connectivity index (χ1v) is 6.32. The first-order valence-electron chi connectivity index (χ1n) is 5.53. The van der Waals surface area contributed by atoms with Gasteiger partial charge in [-0.1, -0.05) is 27.6 Å². The van der Waals surface area contributed by atoms with Crippen LogP contribution in [0, 0.1) is 0 Å². The van der Waals surface area contributed by atoms with Crippen molar-refractivity contribution in [2.75, 3.05) is 20.2 Å². The van der Waals surface area contributed by atoms with Gasteiger partial charge in [-0.25, -0.2) is 0 Å². The first kappa shape index (κ1) is 14.6. The highest BCUT2D eigenvalue weighted by atomic mass is 79.9. The van der Waals surface area contributed by atoms with Gasteiger partial charge in [0.05, 0.1) is 7.11 Å². The molecular formula is C13H17BrClNO. The van der Waals surface area contributed by atoms with Crippen LogP contribution in [0.15, 0.2) is 28.2 Å². The summed E-state index contributed by atoms with van der Waals surface area (Å²) in [7, 11) is 1.70. The van der Waals surface area contributed by atoms with Gasteiger partial charge >= 0.3 is 0 Å². The Labute approximate surface area is 117 Å². The third kappa shape index (κ3) is 4.02. The van der Waals surface area contributed by atoms with Gasteiger partial charge in [-0.3, -0.25) is 0 Å². The van der Waals surface area contributed by atoms with E-state index in [-0.39, 0.29) is 12.4 Å². The molecule has 17 heavy (non-hydrogen) atoms. The molecule has 0 unspecified atom stereocenters. The molecule has 2 rings (SSSR count). The fraction of sp³-hybridized carbons (Fsp3) is 0.385. The number of rotatable bonds is 2. The molecule has 0 spiro atoms. The number of nitrogens with one attached hydrogen (secondary N) is 1. The van der Waals surface area contributed by atoms with Crippen molar-refractivity contribution in [2.24, 2.45) is 0 Å². The highest BCUT2D eigenvalue weighted by molar-refractivity contribution is 9.10. The van der Waals surface area contributed by atoms with Gasteiger partial charge < -0.3 is 10.1 Å². The highest BCUT2D eigenvalue weighted by Crippen LogP contribution is 2.26. The molecule has 1 fully saturated rings. The molecule has 1 aromatic carbocycles. The van der Waals surface area contributed by atoms with Gasteiger partial charge in [0.15, 0.2) is 0 Å². The zero-order valence-corrected chi connectivity index (χ0v) is 12.2. The fourth-order valence-corrected chi connectivity index (χ4v) is 2.23. The molecule has 1 heterocycles. The van der Waals surface area contributed by atoms with Crippen LogP contribution in [0.2, 0.25) is 0 Å². The predicted octanol–water partition coefficient (Wildman–Crippen LogP) is 3.65. The van der Waals surface area contributed by atoms with Crippen molar-refractivity contribution in [3.05, 3.63) is 33.8 Å². The van der Waals surface area contributed by atoms with Crippen LogP contribution in [0.5, 0.6) is 5.75 Å². The summed E-state index contributed by atoms with van der Waals surface area (Å²) < 4.78 is 6.36. The van der Waals surface area contributed by atoms with Gasteiger partial charge in [0.2, 0.25) is 0 Å². The molecular weight excluding hydrogens is 302 g/mol. The van der Waals surface area contributed by atoms with E-state index in [4.69, 9.17) is 4.74 Å². The quantitative estimate of drug-likeness (QED) is 0.899. The largest absolute Gasteiger partial charge is 0.497 e. The maximum absolute atomic E-state index is 5.24. The molecule has 1 N–H and O–H groups in total. The van der Waals surface area contributed by atoms with Crippen molar-refractivity contribution in [1.82, 2.24) is 5.32 Å². The van der Waals surface area contributed by atoms with Crippen LogP contribution in [0.25, 0.3) is 6.08 Å². The normalized spacial score (nSPS) is 15.1. The van der Waals surface area contributed by atoms with Crippen molar-refractivity contribution in [1.29, 1.82) is 0 Å². The van der Waals surface area contributed by atoms with Crippen molar-refractivity contribution in [3.63, 3.8) is 0 Å². The number of piperidine rings is 1. The minimum absolute atomic E-state index is 0. The summed E-state index contributed by atoms with van der Waals surface area (Å²) in [5.41, 5.74) is 2.71. The van der Waals surface area contributed by atoms with Crippen LogP contribution in [-0.2, 0) is 0 Å². The lowest BCUT2D eigenvalue weighted by Crippen LogP contribution is -2.22. The number of hydrogen-bond donors (Lipinski definition) is 1. The molecule has 0 aliphatic carbocycles. The molecule has 1 aliphatic rings. The topological polar surface area (TPSA) is 21.3 Å². The molecule has 1 aliphatic heterocycles. The van der Waals surface area contributed by atoms with Crippen molar-refractivity contribution in [2.45, 2.75) is 12.8 Å². The summed E-state index contributed by atoms with van der Waals surface area (Å²) in [6, 6.07) is 6.07. The van der Waals surface area contributed by atoms with E-state index in [1.54, 1.807) is 7.11 Å². The third-order valence-corrected chi connectivity index (χ3v) is 3.53. The molecule has 0 radical (unpaired) electrons.